The van der Waals surface area contributed by atoms with E-state index in [0.29, 0.717) is 5.54 Å². The minimum absolute atomic E-state index is 0.124. The van der Waals surface area contributed by atoms with E-state index in [9.17, 15) is 0 Å². The monoisotopic (exact) mass is 364 g/mol. The van der Waals surface area contributed by atoms with Crippen LogP contribution in [0.4, 0.5) is 0 Å². The number of halogens is 1. The fourth-order valence-electron chi connectivity index (χ4n) is 4.00. The van der Waals surface area contributed by atoms with Gasteiger partial charge < -0.3 is 4.43 Å². The zero-order chi connectivity index (χ0) is 17.3. The van der Waals surface area contributed by atoms with Crippen molar-refractivity contribution in [3.8, 4) is 0 Å². The van der Waals surface area contributed by atoms with Gasteiger partial charge in [-0.05, 0) is 40.0 Å². The molecule has 0 bridgehead atoms. The second kappa shape index (κ2) is 6.79. The lowest BCUT2D eigenvalue weighted by Gasteiger charge is -2.31. The van der Waals surface area contributed by atoms with E-state index in [1.54, 1.807) is 0 Å². The van der Waals surface area contributed by atoms with Crippen LogP contribution in [0.1, 0.15) is 25.0 Å². The Morgan fingerprint density at radius 2 is 1.32 bits per heavy atom. The summed E-state index contributed by atoms with van der Waals surface area (Å²) in [5.74, 6) is 0. The Bertz CT molecular complexity index is 793. The molecule has 1 saturated heterocycles. The van der Waals surface area contributed by atoms with Gasteiger partial charge in [-0.3, -0.25) is 0 Å². The molecule has 1 aliphatic rings. The molecule has 0 spiro atoms. The maximum atomic E-state index is 6.96. The van der Waals surface area contributed by atoms with Crippen LogP contribution in [0.5, 0.6) is 0 Å². The summed E-state index contributed by atoms with van der Waals surface area (Å²) in [4.78, 5) is 0. The molecule has 1 aliphatic heterocycles. The molecule has 0 amide bonds. The second-order valence-corrected chi connectivity index (χ2v) is 11.0. The molecule has 0 radical (unpaired) electrons. The molecule has 25 heavy (non-hydrogen) atoms. The Labute approximate surface area is 155 Å². The van der Waals surface area contributed by atoms with Gasteiger partial charge in [0.05, 0.1) is 6.10 Å². The summed E-state index contributed by atoms with van der Waals surface area (Å²) in [7, 11) is -2.28. The van der Waals surface area contributed by atoms with E-state index in [0.717, 1.165) is 11.4 Å². The van der Waals surface area contributed by atoms with E-state index < -0.39 is 8.32 Å². The van der Waals surface area contributed by atoms with Crippen LogP contribution in [0.2, 0.25) is 10.6 Å². The summed E-state index contributed by atoms with van der Waals surface area (Å²) in [6.45, 7) is 2.35. The molecule has 0 aromatic heterocycles. The molecule has 1 fully saturated rings. The molecule has 126 valence electrons. The second-order valence-electron chi connectivity index (χ2n) is 6.76. The molecule has 4 rings (SSSR count). The molecule has 1 nitrogen and oxygen atoms in total. The SMILES string of the molecule is C[C@@H]1C[C@@H](c2ccc(Cl)cc2)O[Si]1(c1ccccc1)c1ccccc1. The van der Waals surface area contributed by atoms with Gasteiger partial charge in [-0.1, -0.05) is 91.3 Å². The molecular formula is C22H21ClOSi. The third-order valence-corrected chi connectivity index (χ3v) is 10.2. The van der Waals surface area contributed by atoms with E-state index in [1.165, 1.54) is 15.9 Å². The van der Waals surface area contributed by atoms with Crippen LogP contribution < -0.4 is 10.4 Å². The Hall–Kier alpha value is -1.87. The molecule has 3 aromatic rings. The largest absolute Gasteiger partial charge is 0.401 e. The molecule has 0 N–H and O–H groups in total. The fraction of sp³-hybridized carbons (Fsp3) is 0.182. The first-order valence-corrected chi connectivity index (χ1v) is 11.1. The highest BCUT2D eigenvalue weighted by molar-refractivity contribution is 6.98. The first-order chi connectivity index (χ1) is 12.2. The molecule has 0 saturated carbocycles. The predicted octanol–water partition coefficient (Wildman–Crippen LogP) is 4.95. The van der Waals surface area contributed by atoms with Gasteiger partial charge in [0, 0.05) is 5.02 Å². The predicted molar refractivity (Wildman–Crippen MR) is 107 cm³/mol. The fourth-order valence-corrected chi connectivity index (χ4v) is 8.70. The Kier molecular flexibility index (Phi) is 4.51. The van der Waals surface area contributed by atoms with Gasteiger partial charge >= 0.3 is 0 Å². The lowest BCUT2D eigenvalue weighted by atomic mass is 10.1. The van der Waals surface area contributed by atoms with Crippen LogP contribution in [0.15, 0.2) is 84.9 Å². The molecule has 0 unspecified atom stereocenters. The van der Waals surface area contributed by atoms with Crippen LogP contribution in [0.25, 0.3) is 0 Å². The van der Waals surface area contributed by atoms with Gasteiger partial charge in [0.25, 0.3) is 8.32 Å². The van der Waals surface area contributed by atoms with Crippen molar-refractivity contribution in [2.75, 3.05) is 0 Å². The van der Waals surface area contributed by atoms with Crippen LogP contribution >= 0.6 is 11.6 Å². The summed E-state index contributed by atoms with van der Waals surface area (Å²) in [5.41, 5.74) is 1.72. The normalized spacial score (nSPS) is 22.0. The van der Waals surface area contributed by atoms with Gasteiger partial charge in [0.2, 0.25) is 0 Å². The maximum absolute atomic E-state index is 6.96. The van der Waals surface area contributed by atoms with Crippen molar-refractivity contribution in [2.24, 2.45) is 0 Å². The molecule has 1 heterocycles. The average molecular weight is 365 g/mol. The van der Waals surface area contributed by atoms with Gasteiger partial charge in [0.1, 0.15) is 0 Å². The summed E-state index contributed by atoms with van der Waals surface area (Å²) in [6.07, 6.45) is 1.16. The summed E-state index contributed by atoms with van der Waals surface area (Å²) in [5, 5.41) is 3.47. The van der Waals surface area contributed by atoms with Crippen molar-refractivity contribution in [1.82, 2.24) is 0 Å². The third kappa shape index (κ3) is 2.95. The van der Waals surface area contributed by atoms with Crippen LogP contribution in [0, 0.1) is 0 Å². The Morgan fingerprint density at radius 1 is 0.800 bits per heavy atom. The van der Waals surface area contributed by atoms with Crippen LogP contribution in [-0.4, -0.2) is 8.32 Å². The number of hydrogen-bond acceptors (Lipinski definition) is 1. The minimum atomic E-state index is -2.28. The van der Waals surface area contributed by atoms with Gasteiger partial charge in [-0.25, -0.2) is 0 Å². The Morgan fingerprint density at radius 3 is 1.84 bits per heavy atom. The summed E-state index contributed by atoms with van der Waals surface area (Å²) in [6, 6.07) is 29.7. The zero-order valence-corrected chi connectivity index (χ0v) is 16.0. The number of benzene rings is 3. The van der Waals surface area contributed by atoms with E-state index in [-0.39, 0.29) is 6.10 Å². The number of hydrogen-bond donors (Lipinski definition) is 0. The van der Waals surface area contributed by atoms with E-state index in [1.807, 2.05) is 12.1 Å². The van der Waals surface area contributed by atoms with Crippen molar-refractivity contribution in [3.05, 3.63) is 95.5 Å². The topological polar surface area (TPSA) is 9.23 Å². The minimum Gasteiger partial charge on any atom is -0.401 e. The van der Waals surface area contributed by atoms with E-state index in [4.69, 9.17) is 16.0 Å². The van der Waals surface area contributed by atoms with Gasteiger partial charge in [-0.2, -0.15) is 0 Å². The van der Waals surface area contributed by atoms with E-state index >= 15 is 0 Å². The van der Waals surface area contributed by atoms with Crippen molar-refractivity contribution in [3.63, 3.8) is 0 Å². The highest BCUT2D eigenvalue weighted by Crippen LogP contribution is 2.44. The molecule has 0 aliphatic carbocycles. The zero-order valence-electron chi connectivity index (χ0n) is 14.2. The van der Waals surface area contributed by atoms with Gasteiger partial charge in [0.15, 0.2) is 0 Å². The Balaban J connectivity index is 1.80. The third-order valence-electron chi connectivity index (χ3n) is 5.24. The van der Waals surface area contributed by atoms with Crippen LogP contribution in [0.3, 0.4) is 0 Å². The molecule has 2 atom stereocenters. The summed E-state index contributed by atoms with van der Waals surface area (Å²) >= 11 is 6.06. The van der Waals surface area contributed by atoms with Crippen molar-refractivity contribution >= 4 is 30.3 Å². The van der Waals surface area contributed by atoms with Crippen molar-refractivity contribution in [2.45, 2.75) is 25.0 Å². The highest BCUT2D eigenvalue weighted by atomic mass is 35.5. The molecule has 3 heteroatoms. The average Bonchev–Trinajstić information content (AvgIpc) is 3.02. The summed E-state index contributed by atoms with van der Waals surface area (Å²) < 4.78 is 6.96. The lowest BCUT2D eigenvalue weighted by molar-refractivity contribution is 0.234. The van der Waals surface area contributed by atoms with Crippen molar-refractivity contribution in [1.29, 1.82) is 0 Å². The van der Waals surface area contributed by atoms with E-state index in [2.05, 4.69) is 79.7 Å². The number of rotatable bonds is 3. The van der Waals surface area contributed by atoms with Gasteiger partial charge in [-0.15, -0.1) is 0 Å². The lowest BCUT2D eigenvalue weighted by Crippen LogP contribution is -2.60. The first-order valence-electron chi connectivity index (χ1n) is 8.74. The standard InChI is InChI=1S/C22H21ClOSi/c1-17-16-22(18-12-14-19(23)15-13-18)24-25(17,20-8-4-2-5-9-20)21-10-6-3-7-11-21/h2-15,17,22H,16H2,1H3/t17-,22+/m1/s1. The first kappa shape index (κ1) is 16.6. The maximum Gasteiger partial charge on any atom is 0.259 e. The highest BCUT2D eigenvalue weighted by Gasteiger charge is 2.52. The molecule has 3 aromatic carbocycles. The molecular weight excluding hydrogens is 344 g/mol. The smallest absolute Gasteiger partial charge is 0.259 e. The van der Waals surface area contributed by atoms with Crippen molar-refractivity contribution < 1.29 is 4.43 Å². The van der Waals surface area contributed by atoms with Crippen LogP contribution in [-0.2, 0) is 4.43 Å². The quantitative estimate of drug-likeness (QED) is 0.597.